The van der Waals surface area contributed by atoms with Crippen LogP contribution in [0.15, 0.2) is 58.0 Å². The molecule has 1 aliphatic rings. The molecule has 1 N–H and O–H groups in total. The maximum Gasteiger partial charge on any atom is 0.287 e. The predicted molar refractivity (Wildman–Crippen MR) is 122 cm³/mol. The van der Waals surface area contributed by atoms with Crippen LogP contribution in [0.2, 0.25) is 0 Å². The van der Waals surface area contributed by atoms with Crippen LogP contribution in [0.4, 0.5) is 0 Å². The largest absolute Gasteiger partial charge is 0.454 e. The van der Waals surface area contributed by atoms with Crippen LogP contribution in [0, 0.1) is 0 Å². The van der Waals surface area contributed by atoms with Gasteiger partial charge in [0.1, 0.15) is 11.3 Å². The lowest BCUT2D eigenvalue weighted by Gasteiger charge is -2.33. The Labute approximate surface area is 185 Å². The average Bonchev–Trinajstić information content (AvgIpc) is 3.48. The molecule has 0 unspecified atom stereocenters. The van der Waals surface area contributed by atoms with Gasteiger partial charge in [0.15, 0.2) is 11.4 Å². The minimum absolute atomic E-state index is 0.153. The summed E-state index contributed by atoms with van der Waals surface area (Å²) in [5, 5.41) is 2.95. The highest BCUT2D eigenvalue weighted by atomic mass is 16.4. The number of fused-ring (bicyclic) bond motifs is 3. The van der Waals surface area contributed by atoms with Crippen LogP contribution >= 0.6 is 0 Å². The van der Waals surface area contributed by atoms with Crippen LogP contribution in [0.5, 0.6) is 0 Å². The highest BCUT2D eigenvalue weighted by Gasteiger charge is 2.19. The van der Waals surface area contributed by atoms with E-state index in [9.17, 15) is 9.59 Å². The van der Waals surface area contributed by atoms with Gasteiger partial charge in [-0.2, -0.15) is 0 Å². The number of piperidine rings is 1. The number of nitrogens with zero attached hydrogens (tertiary/aromatic N) is 4. The van der Waals surface area contributed by atoms with Crippen LogP contribution < -0.4 is 10.9 Å². The van der Waals surface area contributed by atoms with Crippen molar-refractivity contribution in [1.82, 2.24) is 24.2 Å². The fourth-order valence-electron chi connectivity index (χ4n) is 4.56. The van der Waals surface area contributed by atoms with Gasteiger partial charge in [-0.3, -0.25) is 19.1 Å². The van der Waals surface area contributed by atoms with Crippen molar-refractivity contribution in [3.63, 3.8) is 0 Å². The van der Waals surface area contributed by atoms with Crippen molar-refractivity contribution in [3.8, 4) is 0 Å². The smallest absolute Gasteiger partial charge is 0.287 e. The Hall–Kier alpha value is -3.39. The topological polar surface area (TPSA) is 84.8 Å². The fourth-order valence-corrected chi connectivity index (χ4v) is 4.56. The van der Waals surface area contributed by atoms with E-state index in [4.69, 9.17) is 4.42 Å². The summed E-state index contributed by atoms with van der Waals surface area (Å²) in [6.07, 6.45) is 7.23. The number of aromatic nitrogens is 3. The molecule has 166 valence electrons. The molecule has 5 heterocycles. The summed E-state index contributed by atoms with van der Waals surface area (Å²) in [5.41, 5.74) is 1.82. The van der Waals surface area contributed by atoms with Crippen molar-refractivity contribution >= 4 is 22.6 Å². The second kappa shape index (κ2) is 8.63. The van der Waals surface area contributed by atoms with E-state index in [0.29, 0.717) is 29.5 Å². The Morgan fingerprint density at radius 3 is 2.94 bits per heavy atom. The van der Waals surface area contributed by atoms with E-state index in [0.717, 1.165) is 18.6 Å². The van der Waals surface area contributed by atoms with Gasteiger partial charge in [-0.25, -0.2) is 4.98 Å². The van der Waals surface area contributed by atoms with E-state index in [1.54, 1.807) is 29.0 Å². The quantitative estimate of drug-likeness (QED) is 0.505. The molecule has 1 fully saturated rings. The van der Waals surface area contributed by atoms with Crippen molar-refractivity contribution in [1.29, 1.82) is 0 Å². The zero-order valence-electron chi connectivity index (χ0n) is 18.2. The Morgan fingerprint density at radius 1 is 1.19 bits per heavy atom. The summed E-state index contributed by atoms with van der Waals surface area (Å²) in [6.45, 7) is 4.95. The van der Waals surface area contributed by atoms with Gasteiger partial charge in [0.25, 0.3) is 11.5 Å². The summed E-state index contributed by atoms with van der Waals surface area (Å²) in [5.74, 6) is 0.545. The molecule has 1 saturated heterocycles. The minimum atomic E-state index is -0.238. The third-order valence-electron chi connectivity index (χ3n) is 6.32. The molecular formula is C24H27N5O3. The molecule has 1 atom stereocenters. The molecule has 1 amide bonds. The van der Waals surface area contributed by atoms with Gasteiger partial charge in [-0.1, -0.05) is 6.42 Å². The number of amides is 1. The number of hydrogen-bond acceptors (Lipinski definition) is 5. The van der Waals surface area contributed by atoms with Crippen molar-refractivity contribution in [2.45, 2.75) is 38.8 Å². The second-order valence-electron chi connectivity index (χ2n) is 8.40. The Kier molecular flexibility index (Phi) is 5.53. The first-order valence-electron chi connectivity index (χ1n) is 11.2. The number of pyridine rings is 1. The van der Waals surface area contributed by atoms with Crippen LogP contribution in [0.1, 0.15) is 42.5 Å². The fraction of sp³-hybridized carbons (Fsp3) is 0.375. The first kappa shape index (κ1) is 20.5. The summed E-state index contributed by atoms with van der Waals surface area (Å²) in [6, 6.07) is 11.4. The average molecular weight is 434 g/mol. The van der Waals surface area contributed by atoms with Crippen molar-refractivity contribution in [3.05, 3.63) is 70.7 Å². The maximum atomic E-state index is 13.0. The molecule has 5 rings (SSSR count). The maximum absolute atomic E-state index is 13.0. The molecule has 8 heteroatoms. The number of likely N-dealkylation sites (tertiary alicyclic amines) is 1. The molecule has 0 aromatic carbocycles. The van der Waals surface area contributed by atoms with Crippen LogP contribution in [-0.4, -0.2) is 50.4 Å². The lowest BCUT2D eigenvalue weighted by molar-refractivity contribution is 0.0909. The molecular weight excluding hydrogens is 406 g/mol. The lowest BCUT2D eigenvalue weighted by Crippen LogP contribution is -2.42. The van der Waals surface area contributed by atoms with E-state index >= 15 is 0 Å². The predicted octanol–water partition coefficient (Wildman–Crippen LogP) is 2.89. The third kappa shape index (κ3) is 3.82. The highest BCUT2D eigenvalue weighted by molar-refractivity contribution is 5.91. The van der Waals surface area contributed by atoms with Gasteiger partial charge in [0.2, 0.25) is 0 Å². The molecule has 0 spiro atoms. The Balaban J connectivity index is 1.31. The molecule has 8 nitrogen and oxygen atoms in total. The SMILES string of the molecule is C[C@H]1CCCCN1CCNC(=O)c1ccc(Cn2c(=O)c3cccn3c3cccnc32)o1. The zero-order chi connectivity index (χ0) is 22.1. The molecule has 0 saturated carbocycles. The summed E-state index contributed by atoms with van der Waals surface area (Å²) < 4.78 is 9.22. The first-order chi connectivity index (χ1) is 15.6. The van der Waals surface area contributed by atoms with Crippen LogP contribution in [-0.2, 0) is 6.54 Å². The van der Waals surface area contributed by atoms with Gasteiger partial charge in [0.05, 0.1) is 12.1 Å². The van der Waals surface area contributed by atoms with Gasteiger partial charge in [-0.05, 0) is 62.7 Å². The van der Waals surface area contributed by atoms with E-state index in [1.807, 2.05) is 28.8 Å². The van der Waals surface area contributed by atoms with E-state index in [2.05, 4.69) is 22.1 Å². The van der Waals surface area contributed by atoms with Gasteiger partial charge >= 0.3 is 0 Å². The second-order valence-corrected chi connectivity index (χ2v) is 8.40. The third-order valence-corrected chi connectivity index (χ3v) is 6.32. The number of carbonyl (C=O) groups excluding carboxylic acids is 1. The Morgan fingerprint density at radius 2 is 2.06 bits per heavy atom. The standard InChI is InChI=1S/C24H27N5O3/c1-17-6-2-3-13-27(17)15-12-26-23(30)21-10-9-18(32-21)16-29-22-19(7-4-11-25-22)28-14-5-8-20(28)24(29)31/h4-5,7-11,14,17H,2-3,6,12-13,15-16H2,1H3,(H,26,30)/t17-/m0/s1. The van der Waals surface area contributed by atoms with Gasteiger partial charge in [0, 0.05) is 31.5 Å². The number of carbonyl (C=O) groups is 1. The molecule has 4 aromatic heterocycles. The lowest BCUT2D eigenvalue weighted by atomic mass is 10.0. The van der Waals surface area contributed by atoms with Crippen LogP contribution in [0.25, 0.3) is 16.7 Å². The van der Waals surface area contributed by atoms with E-state index in [-0.39, 0.29) is 23.8 Å². The first-order valence-corrected chi connectivity index (χ1v) is 11.2. The molecule has 0 aliphatic carbocycles. The normalized spacial score (nSPS) is 17.2. The van der Waals surface area contributed by atoms with Crippen molar-refractivity contribution < 1.29 is 9.21 Å². The monoisotopic (exact) mass is 433 g/mol. The molecule has 32 heavy (non-hydrogen) atoms. The minimum Gasteiger partial charge on any atom is -0.454 e. The molecule has 0 radical (unpaired) electrons. The Bertz CT molecular complexity index is 1320. The molecule has 4 aromatic rings. The van der Waals surface area contributed by atoms with Gasteiger partial charge < -0.3 is 14.1 Å². The van der Waals surface area contributed by atoms with Crippen molar-refractivity contribution in [2.75, 3.05) is 19.6 Å². The van der Waals surface area contributed by atoms with Crippen molar-refractivity contribution in [2.24, 2.45) is 0 Å². The van der Waals surface area contributed by atoms with E-state index < -0.39 is 0 Å². The molecule has 1 aliphatic heterocycles. The number of hydrogen-bond donors (Lipinski definition) is 1. The summed E-state index contributed by atoms with van der Waals surface area (Å²) >= 11 is 0. The van der Waals surface area contributed by atoms with Crippen LogP contribution in [0.3, 0.4) is 0 Å². The summed E-state index contributed by atoms with van der Waals surface area (Å²) in [7, 11) is 0. The highest BCUT2D eigenvalue weighted by Crippen LogP contribution is 2.17. The summed E-state index contributed by atoms with van der Waals surface area (Å²) in [4.78, 5) is 32.4. The molecule has 0 bridgehead atoms. The van der Waals surface area contributed by atoms with E-state index in [1.165, 1.54) is 19.3 Å². The number of rotatable bonds is 6. The number of nitrogens with one attached hydrogen (secondary N) is 1. The zero-order valence-corrected chi connectivity index (χ0v) is 18.2. The van der Waals surface area contributed by atoms with Gasteiger partial charge in [-0.15, -0.1) is 0 Å². The number of furan rings is 1.